The van der Waals surface area contributed by atoms with Crippen molar-refractivity contribution >= 4 is 16.8 Å². The van der Waals surface area contributed by atoms with E-state index in [1.807, 2.05) is 0 Å². The molecular formula is C21H12F2N2O2. The summed E-state index contributed by atoms with van der Waals surface area (Å²) in [6.45, 7) is -0.00875. The molecule has 0 fully saturated rings. The number of carbonyl (C=O) groups is 1. The molecule has 0 N–H and O–H groups in total. The number of carbonyl (C=O) groups excluding carboxylic acids is 1. The van der Waals surface area contributed by atoms with Crippen LogP contribution >= 0.6 is 0 Å². The lowest BCUT2D eigenvalue weighted by atomic mass is 10.1. The highest BCUT2D eigenvalue weighted by atomic mass is 19.1. The first-order valence-electron chi connectivity index (χ1n) is 8.38. The molecule has 0 saturated carbocycles. The second-order valence-electron chi connectivity index (χ2n) is 6.46. The van der Waals surface area contributed by atoms with E-state index < -0.39 is 17.5 Å². The van der Waals surface area contributed by atoms with Gasteiger partial charge in [-0.3, -0.25) is 14.2 Å². The first-order chi connectivity index (χ1) is 13.1. The van der Waals surface area contributed by atoms with E-state index >= 15 is 0 Å². The van der Waals surface area contributed by atoms with Gasteiger partial charge in [-0.1, -0.05) is 12.1 Å². The van der Waals surface area contributed by atoms with Gasteiger partial charge in [0.25, 0.3) is 5.91 Å². The highest BCUT2D eigenvalue weighted by Gasteiger charge is 2.32. The molecule has 0 bridgehead atoms. The number of nitrogens with zero attached hydrogens (tertiary/aromatic N) is 2. The number of fused-ring (bicyclic) bond motifs is 4. The minimum atomic E-state index is -0.548. The first-order valence-corrected chi connectivity index (χ1v) is 8.38. The molecule has 2 aromatic carbocycles. The molecule has 132 valence electrons. The molecule has 0 saturated heterocycles. The van der Waals surface area contributed by atoms with Gasteiger partial charge in [-0.2, -0.15) is 0 Å². The monoisotopic (exact) mass is 362 g/mol. The summed E-state index contributed by atoms with van der Waals surface area (Å²) in [5.74, 6) is -1.50. The van der Waals surface area contributed by atoms with Gasteiger partial charge in [0.15, 0.2) is 0 Å². The van der Waals surface area contributed by atoms with Crippen LogP contribution in [0.2, 0.25) is 0 Å². The lowest BCUT2D eigenvalue weighted by Crippen LogP contribution is -2.20. The van der Waals surface area contributed by atoms with Crippen molar-refractivity contribution in [3.8, 4) is 11.4 Å². The molecule has 0 unspecified atom stereocenters. The molecule has 6 heteroatoms. The van der Waals surface area contributed by atoms with Gasteiger partial charge in [0.1, 0.15) is 17.2 Å². The molecule has 1 aliphatic heterocycles. The first kappa shape index (κ1) is 15.7. The third-order valence-corrected chi connectivity index (χ3v) is 4.93. The van der Waals surface area contributed by atoms with E-state index in [0.717, 1.165) is 18.2 Å². The molecule has 4 aromatic rings. The summed E-state index contributed by atoms with van der Waals surface area (Å²) in [7, 11) is 0. The lowest BCUT2D eigenvalue weighted by Gasteiger charge is -2.16. The summed E-state index contributed by atoms with van der Waals surface area (Å²) in [5.41, 5.74) is 1.40. The molecule has 2 aromatic heterocycles. The molecule has 27 heavy (non-hydrogen) atoms. The molecule has 0 amide bonds. The maximum Gasteiger partial charge on any atom is 0.268 e. The second-order valence-corrected chi connectivity index (χ2v) is 6.46. The third-order valence-electron chi connectivity index (χ3n) is 4.93. The maximum absolute atomic E-state index is 14.3. The van der Waals surface area contributed by atoms with Gasteiger partial charge in [-0.15, -0.1) is 0 Å². The Labute approximate surface area is 151 Å². The normalized spacial score (nSPS) is 12.4. The van der Waals surface area contributed by atoms with Gasteiger partial charge in [-0.25, -0.2) is 8.78 Å². The minimum Gasteiger partial charge on any atom is -0.334 e. The van der Waals surface area contributed by atoms with E-state index in [0.29, 0.717) is 22.3 Å². The number of pyridine rings is 1. The van der Waals surface area contributed by atoms with E-state index in [1.54, 1.807) is 47.2 Å². The van der Waals surface area contributed by atoms with Gasteiger partial charge >= 0.3 is 0 Å². The SMILES string of the molecule is O=C1c2c(n(Cc3cc(F)ccc3F)c3ccccc3c2=O)-c2cccn21. The minimum absolute atomic E-state index is 0.00875. The Morgan fingerprint density at radius 1 is 0.926 bits per heavy atom. The zero-order valence-electron chi connectivity index (χ0n) is 13.9. The van der Waals surface area contributed by atoms with E-state index in [2.05, 4.69) is 0 Å². The predicted molar refractivity (Wildman–Crippen MR) is 96.8 cm³/mol. The van der Waals surface area contributed by atoms with Crippen LogP contribution in [-0.4, -0.2) is 15.0 Å². The van der Waals surface area contributed by atoms with Crippen LogP contribution in [0.5, 0.6) is 0 Å². The molecule has 0 atom stereocenters. The number of halogens is 2. The molecule has 0 aliphatic carbocycles. The van der Waals surface area contributed by atoms with E-state index in [-0.39, 0.29) is 23.1 Å². The Balaban J connectivity index is 1.89. The average molecular weight is 362 g/mol. The van der Waals surface area contributed by atoms with Crippen LogP contribution in [0, 0.1) is 11.6 Å². The van der Waals surface area contributed by atoms with Crippen LogP contribution in [0.4, 0.5) is 8.78 Å². The molecule has 0 radical (unpaired) electrons. The molecule has 4 nitrogen and oxygen atoms in total. The van der Waals surface area contributed by atoms with Crippen molar-refractivity contribution in [2.24, 2.45) is 0 Å². The largest absolute Gasteiger partial charge is 0.334 e. The summed E-state index contributed by atoms with van der Waals surface area (Å²) in [6, 6.07) is 13.6. The Morgan fingerprint density at radius 2 is 1.74 bits per heavy atom. The van der Waals surface area contributed by atoms with Crippen LogP contribution in [-0.2, 0) is 6.54 Å². The summed E-state index contributed by atoms with van der Waals surface area (Å²) in [6.07, 6.45) is 1.59. The van der Waals surface area contributed by atoms with E-state index in [1.165, 1.54) is 4.57 Å². The van der Waals surface area contributed by atoms with Crippen LogP contribution in [0.3, 0.4) is 0 Å². The Bertz CT molecular complexity index is 1320. The summed E-state index contributed by atoms with van der Waals surface area (Å²) in [4.78, 5) is 25.7. The summed E-state index contributed by atoms with van der Waals surface area (Å²) < 4.78 is 31.1. The Kier molecular flexibility index (Phi) is 3.18. The van der Waals surface area contributed by atoms with Crippen LogP contribution in [0.15, 0.2) is 65.6 Å². The number of rotatable bonds is 2. The van der Waals surface area contributed by atoms with E-state index in [9.17, 15) is 18.4 Å². The smallest absolute Gasteiger partial charge is 0.268 e. The average Bonchev–Trinajstić information content (AvgIpc) is 3.24. The van der Waals surface area contributed by atoms with Crippen molar-refractivity contribution in [3.05, 3.63) is 93.8 Å². The van der Waals surface area contributed by atoms with Crippen molar-refractivity contribution in [2.45, 2.75) is 6.54 Å². The van der Waals surface area contributed by atoms with Crippen LogP contribution in [0.1, 0.15) is 15.9 Å². The van der Waals surface area contributed by atoms with Crippen molar-refractivity contribution < 1.29 is 13.6 Å². The molecule has 3 heterocycles. The second kappa shape index (κ2) is 5.48. The zero-order valence-corrected chi connectivity index (χ0v) is 13.9. The van der Waals surface area contributed by atoms with Crippen molar-refractivity contribution in [2.75, 3.05) is 0 Å². The molecule has 0 spiro atoms. The van der Waals surface area contributed by atoms with Gasteiger partial charge in [0.05, 0.1) is 23.4 Å². The number of benzene rings is 2. The summed E-state index contributed by atoms with van der Waals surface area (Å²) in [5, 5.41) is 0.368. The fourth-order valence-corrected chi connectivity index (χ4v) is 3.73. The standard InChI is InChI=1S/C21H12F2N2O2/c22-13-7-8-15(23)12(10-13)11-25-16-5-2-1-4-14(16)20(26)18-19(25)17-6-3-9-24(17)21(18)27/h1-10H,11H2. The number of aromatic nitrogens is 2. The van der Waals surface area contributed by atoms with Gasteiger partial charge in [0, 0.05) is 17.1 Å². The quantitative estimate of drug-likeness (QED) is 0.479. The van der Waals surface area contributed by atoms with Crippen LogP contribution in [0.25, 0.3) is 22.3 Å². The fourth-order valence-electron chi connectivity index (χ4n) is 3.73. The highest BCUT2D eigenvalue weighted by Crippen LogP contribution is 2.33. The van der Waals surface area contributed by atoms with Crippen molar-refractivity contribution in [1.29, 1.82) is 0 Å². The van der Waals surface area contributed by atoms with Crippen LogP contribution < -0.4 is 5.43 Å². The summed E-state index contributed by atoms with van der Waals surface area (Å²) >= 11 is 0. The van der Waals surface area contributed by atoms with E-state index in [4.69, 9.17) is 0 Å². The predicted octanol–water partition coefficient (Wildman–Crippen LogP) is 3.80. The maximum atomic E-state index is 14.3. The lowest BCUT2D eigenvalue weighted by molar-refractivity contribution is 0.0968. The van der Waals surface area contributed by atoms with Gasteiger partial charge in [0.2, 0.25) is 5.43 Å². The Hall–Kier alpha value is -3.54. The third kappa shape index (κ3) is 2.13. The Morgan fingerprint density at radius 3 is 2.59 bits per heavy atom. The fraction of sp³-hybridized carbons (Fsp3) is 0.0476. The zero-order chi connectivity index (χ0) is 18.7. The topological polar surface area (TPSA) is 44.0 Å². The highest BCUT2D eigenvalue weighted by molar-refractivity contribution is 6.10. The molecular weight excluding hydrogens is 350 g/mol. The van der Waals surface area contributed by atoms with Gasteiger partial charge in [-0.05, 0) is 42.5 Å². The van der Waals surface area contributed by atoms with Crippen molar-refractivity contribution in [1.82, 2.24) is 9.13 Å². The number of para-hydroxylation sites is 1. The molecule has 5 rings (SSSR count). The van der Waals surface area contributed by atoms with Crippen molar-refractivity contribution in [3.63, 3.8) is 0 Å². The number of hydrogen-bond donors (Lipinski definition) is 0. The molecule has 1 aliphatic rings. The number of hydrogen-bond acceptors (Lipinski definition) is 2. The van der Waals surface area contributed by atoms with Gasteiger partial charge < -0.3 is 4.57 Å².